The van der Waals surface area contributed by atoms with E-state index in [-0.39, 0.29) is 11.5 Å². The highest BCUT2D eigenvalue weighted by Crippen LogP contribution is 2.21. The van der Waals surface area contributed by atoms with Crippen molar-refractivity contribution in [3.63, 3.8) is 0 Å². The van der Waals surface area contributed by atoms with Gasteiger partial charge in [-0.25, -0.2) is 0 Å². The van der Waals surface area contributed by atoms with Gasteiger partial charge in [0.2, 0.25) is 5.56 Å². The zero-order valence-corrected chi connectivity index (χ0v) is 11.0. The summed E-state index contributed by atoms with van der Waals surface area (Å²) in [6.07, 6.45) is 2.14. The Bertz CT molecular complexity index is 586. The first-order valence-electron chi connectivity index (χ1n) is 5.36. The number of hydrogen-bond acceptors (Lipinski definition) is 3. The number of aromatic nitrogens is 1. The molecule has 0 unspecified atom stereocenters. The smallest absolute Gasteiger partial charge is 0.252 e. The molecule has 0 aliphatic carbocycles. The molecular formula is C12H11ClN2O2S. The summed E-state index contributed by atoms with van der Waals surface area (Å²) in [7, 11) is 0. The second-order valence-electron chi connectivity index (χ2n) is 3.65. The van der Waals surface area contributed by atoms with E-state index in [0.29, 0.717) is 12.1 Å². The van der Waals surface area contributed by atoms with Crippen molar-refractivity contribution >= 4 is 28.8 Å². The van der Waals surface area contributed by atoms with Gasteiger partial charge in [-0.05, 0) is 24.6 Å². The van der Waals surface area contributed by atoms with Gasteiger partial charge in [0.1, 0.15) is 0 Å². The van der Waals surface area contributed by atoms with Gasteiger partial charge in [0.15, 0.2) is 0 Å². The molecular weight excluding hydrogens is 272 g/mol. The van der Waals surface area contributed by atoms with E-state index in [9.17, 15) is 9.59 Å². The number of aromatic amines is 1. The van der Waals surface area contributed by atoms with Crippen LogP contribution in [0.5, 0.6) is 0 Å². The predicted molar refractivity (Wildman–Crippen MR) is 72.4 cm³/mol. The van der Waals surface area contributed by atoms with Crippen LogP contribution >= 0.6 is 22.9 Å². The maximum Gasteiger partial charge on any atom is 0.252 e. The molecule has 0 fully saturated rings. The molecule has 0 aliphatic rings. The van der Waals surface area contributed by atoms with Gasteiger partial charge < -0.3 is 10.3 Å². The molecule has 2 aromatic rings. The van der Waals surface area contributed by atoms with Gasteiger partial charge in [0.05, 0.1) is 9.90 Å². The third-order valence-electron chi connectivity index (χ3n) is 2.33. The van der Waals surface area contributed by atoms with Gasteiger partial charge in [0.25, 0.3) is 5.91 Å². The van der Waals surface area contributed by atoms with Crippen LogP contribution in [0.2, 0.25) is 4.34 Å². The molecule has 1 amide bonds. The minimum Gasteiger partial charge on any atom is -0.352 e. The molecule has 94 valence electrons. The van der Waals surface area contributed by atoms with Crippen LogP contribution in [0.4, 0.5) is 0 Å². The molecule has 6 heteroatoms. The SMILES string of the molecule is O=C(NCCc1ccc(Cl)s1)c1ccc(=O)[nH]c1. The number of pyridine rings is 1. The number of nitrogens with one attached hydrogen (secondary N) is 2. The molecule has 2 rings (SSSR count). The summed E-state index contributed by atoms with van der Waals surface area (Å²) in [6.45, 7) is 0.537. The van der Waals surface area contributed by atoms with E-state index in [1.165, 1.54) is 29.7 Å². The monoisotopic (exact) mass is 282 g/mol. The summed E-state index contributed by atoms with van der Waals surface area (Å²) in [5, 5.41) is 2.78. The van der Waals surface area contributed by atoms with Crippen LogP contribution in [0, 0.1) is 0 Å². The fourth-order valence-electron chi connectivity index (χ4n) is 1.44. The molecule has 0 spiro atoms. The van der Waals surface area contributed by atoms with E-state index in [2.05, 4.69) is 10.3 Å². The number of H-pyrrole nitrogens is 1. The number of thiophene rings is 1. The second kappa shape index (κ2) is 5.84. The van der Waals surface area contributed by atoms with Crippen molar-refractivity contribution in [2.45, 2.75) is 6.42 Å². The third-order valence-corrected chi connectivity index (χ3v) is 3.62. The topological polar surface area (TPSA) is 62.0 Å². The summed E-state index contributed by atoms with van der Waals surface area (Å²) < 4.78 is 0.747. The van der Waals surface area contributed by atoms with Gasteiger partial charge >= 0.3 is 0 Å². The Kier molecular flexibility index (Phi) is 4.17. The minimum atomic E-state index is -0.222. The highest BCUT2D eigenvalue weighted by Gasteiger charge is 2.05. The number of halogens is 1. The lowest BCUT2D eigenvalue weighted by Gasteiger charge is -2.03. The van der Waals surface area contributed by atoms with Crippen molar-refractivity contribution in [1.29, 1.82) is 0 Å². The average Bonchev–Trinajstić information content (AvgIpc) is 2.76. The Balaban J connectivity index is 1.85. The maximum absolute atomic E-state index is 11.7. The molecule has 2 aromatic heterocycles. The molecule has 0 saturated carbocycles. The van der Waals surface area contributed by atoms with Crippen LogP contribution in [0.15, 0.2) is 35.3 Å². The lowest BCUT2D eigenvalue weighted by molar-refractivity contribution is 0.0954. The van der Waals surface area contributed by atoms with Gasteiger partial charge in [-0.3, -0.25) is 9.59 Å². The van der Waals surface area contributed by atoms with E-state index in [4.69, 9.17) is 11.6 Å². The van der Waals surface area contributed by atoms with Crippen molar-refractivity contribution in [2.75, 3.05) is 6.54 Å². The van der Waals surface area contributed by atoms with Gasteiger partial charge in [-0.15, -0.1) is 11.3 Å². The van der Waals surface area contributed by atoms with Crippen LogP contribution in [0.1, 0.15) is 15.2 Å². The Morgan fingerprint density at radius 1 is 1.33 bits per heavy atom. The standard InChI is InChI=1S/C12H11ClN2O2S/c13-10-3-2-9(18-10)5-6-14-12(17)8-1-4-11(16)15-7-8/h1-4,7H,5-6H2,(H,14,17)(H,15,16). The van der Waals surface area contributed by atoms with Crippen LogP contribution in [-0.4, -0.2) is 17.4 Å². The molecule has 0 aromatic carbocycles. The largest absolute Gasteiger partial charge is 0.352 e. The van der Waals surface area contributed by atoms with E-state index >= 15 is 0 Å². The van der Waals surface area contributed by atoms with Crippen LogP contribution < -0.4 is 10.9 Å². The van der Waals surface area contributed by atoms with Gasteiger partial charge in [-0.2, -0.15) is 0 Å². The molecule has 0 saturated heterocycles. The highest BCUT2D eigenvalue weighted by molar-refractivity contribution is 7.16. The summed E-state index contributed by atoms with van der Waals surface area (Å²) >= 11 is 7.31. The van der Waals surface area contributed by atoms with Crippen LogP contribution in [0.25, 0.3) is 0 Å². The molecule has 2 N–H and O–H groups in total. The number of carbonyl (C=O) groups excluding carboxylic acids is 1. The second-order valence-corrected chi connectivity index (χ2v) is 5.45. The molecule has 18 heavy (non-hydrogen) atoms. The minimum absolute atomic E-state index is 0.200. The van der Waals surface area contributed by atoms with E-state index < -0.39 is 0 Å². The van der Waals surface area contributed by atoms with Gasteiger partial charge in [0, 0.05) is 23.7 Å². The summed E-state index contributed by atoms with van der Waals surface area (Å²) in [5.74, 6) is -0.200. The fraction of sp³-hybridized carbons (Fsp3) is 0.167. The van der Waals surface area contributed by atoms with E-state index in [1.807, 2.05) is 12.1 Å². The summed E-state index contributed by atoms with van der Waals surface area (Å²) in [5.41, 5.74) is 0.221. The lowest BCUT2D eigenvalue weighted by atomic mass is 10.2. The Hall–Kier alpha value is -1.59. The molecule has 2 heterocycles. The molecule has 4 nitrogen and oxygen atoms in total. The molecule has 0 aliphatic heterocycles. The van der Waals surface area contributed by atoms with Crippen LogP contribution in [-0.2, 0) is 6.42 Å². The van der Waals surface area contributed by atoms with E-state index in [0.717, 1.165) is 15.6 Å². The Morgan fingerprint density at radius 2 is 2.17 bits per heavy atom. The maximum atomic E-state index is 11.7. The zero-order chi connectivity index (χ0) is 13.0. The van der Waals surface area contributed by atoms with Crippen molar-refractivity contribution in [3.8, 4) is 0 Å². The number of amides is 1. The van der Waals surface area contributed by atoms with Crippen molar-refractivity contribution in [2.24, 2.45) is 0 Å². The van der Waals surface area contributed by atoms with Crippen molar-refractivity contribution in [1.82, 2.24) is 10.3 Å². The van der Waals surface area contributed by atoms with Crippen LogP contribution in [0.3, 0.4) is 0 Å². The zero-order valence-electron chi connectivity index (χ0n) is 9.40. The molecule has 0 radical (unpaired) electrons. The Morgan fingerprint density at radius 3 is 2.78 bits per heavy atom. The first-order valence-corrected chi connectivity index (χ1v) is 6.56. The summed E-state index contributed by atoms with van der Waals surface area (Å²) in [4.78, 5) is 26.1. The first kappa shape index (κ1) is 12.9. The van der Waals surface area contributed by atoms with E-state index in [1.54, 1.807) is 0 Å². The molecule has 0 bridgehead atoms. The van der Waals surface area contributed by atoms with Crippen molar-refractivity contribution < 1.29 is 4.79 Å². The van der Waals surface area contributed by atoms with Gasteiger partial charge in [-0.1, -0.05) is 11.6 Å². The first-order chi connectivity index (χ1) is 8.65. The highest BCUT2D eigenvalue weighted by atomic mass is 35.5. The molecule has 0 atom stereocenters. The normalized spacial score (nSPS) is 10.3. The number of carbonyl (C=O) groups is 1. The van der Waals surface area contributed by atoms with Crippen molar-refractivity contribution in [3.05, 3.63) is 55.6 Å². The quantitative estimate of drug-likeness (QED) is 0.902. The summed E-state index contributed by atoms with van der Waals surface area (Å²) in [6, 6.07) is 6.61. The predicted octanol–water partition coefficient (Wildman–Crippen LogP) is 2.06. The Labute approximate surface area is 113 Å². The fourth-order valence-corrected chi connectivity index (χ4v) is 2.53. The average molecular weight is 283 g/mol. The number of hydrogen-bond donors (Lipinski definition) is 2. The lowest BCUT2D eigenvalue weighted by Crippen LogP contribution is -2.26. The number of rotatable bonds is 4. The third kappa shape index (κ3) is 3.45.